The van der Waals surface area contributed by atoms with Crippen LogP contribution in [0.3, 0.4) is 0 Å². The number of nitrogens with one attached hydrogen (secondary N) is 1. The number of hydrogen-bond donors (Lipinski definition) is 1. The van der Waals surface area contributed by atoms with E-state index >= 15 is 0 Å². The third kappa shape index (κ3) is 3.16. The highest BCUT2D eigenvalue weighted by atomic mass is 16.5. The third-order valence-corrected chi connectivity index (χ3v) is 3.60. The van der Waals surface area contributed by atoms with Crippen molar-refractivity contribution in [1.29, 1.82) is 0 Å². The van der Waals surface area contributed by atoms with Crippen LogP contribution in [0.1, 0.15) is 48.2 Å². The Labute approximate surface area is 112 Å². The second-order valence-corrected chi connectivity index (χ2v) is 4.95. The lowest BCUT2D eigenvalue weighted by Crippen LogP contribution is -2.28. The minimum absolute atomic E-state index is 0.111. The molecule has 2 rings (SSSR count). The van der Waals surface area contributed by atoms with Crippen molar-refractivity contribution in [3.8, 4) is 0 Å². The lowest BCUT2D eigenvalue weighted by atomic mass is 9.97. The van der Waals surface area contributed by atoms with Crippen LogP contribution in [-0.2, 0) is 7.05 Å². The molecule has 1 aromatic heterocycles. The van der Waals surface area contributed by atoms with E-state index in [1.165, 1.54) is 23.2 Å². The minimum atomic E-state index is -0.575. The molecule has 0 saturated carbocycles. The number of carbonyl (C=O) groups excluding carboxylic acids is 1. The van der Waals surface area contributed by atoms with Crippen LogP contribution >= 0.6 is 0 Å². The summed E-state index contributed by atoms with van der Waals surface area (Å²) in [5.41, 5.74) is 1.50. The summed E-state index contributed by atoms with van der Waals surface area (Å²) in [6.07, 6.45) is 7.90. The van der Waals surface area contributed by atoms with Gasteiger partial charge in [0.2, 0.25) is 0 Å². The van der Waals surface area contributed by atoms with Gasteiger partial charge >= 0.3 is 5.63 Å². The predicted octanol–water partition coefficient (Wildman–Crippen LogP) is 1.91. The number of rotatable bonds is 4. The van der Waals surface area contributed by atoms with Gasteiger partial charge in [-0.1, -0.05) is 11.6 Å². The summed E-state index contributed by atoms with van der Waals surface area (Å²) in [7, 11) is 1.61. The second kappa shape index (κ2) is 5.91. The molecule has 0 saturated heterocycles. The largest absolute Gasteiger partial charge is 0.370 e. The van der Waals surface area contributed by atoms with Crippen LogP contribution in [0.15, 0.2) is 21.0 Å². The van der Waals surface area contributed by atoms with Gasteiger partial charge in [-0.15, -0.1) is 0 Å². The number of aryl methyl sites for hydroxylation is 1. The highest BCUT2D eigenvalue weighted by Gasteiger charge is 2.19. The summed E-state index contributed by atoms with van der Waals surface area (Å²) in [6, 6.07) is 0. The average Bonchev–Trinajstić information content (AvgIpc) is 2.64. The molecule has 1 aliphatic carbocycles. The van der Waals surface area contributed by atoms with E-state index in [1.807, 2.05) is 0 Å². The van der Waals surface area contributed by atoms with Gasteiger partial charge in [0.15, 0.2) is 0 Å². The number of allylic oxidation sites excluding steroid dienone is 1. The van der Waals surface area contributed by atoms with Crippen LogP contribution in [0.4, 0.5) is 0 Å². The molecule has 104 valence electrons. The first-order chi connectivity index (χ1) is 9.09. The Balaban J connectivity index is 1.91. The van der Waals surface area contributed by atoms with E-state index in [4.69, 9.17) is 4.52 Å². The number of nitrogens with zero attached hydrogens (tertiary/aromatic N) is 1. The first-order valence-electron chi connectivity index (χ1n) is 6.72. The standard InChI is InChI=1S/C14H20N2O3/c1-10-12(14(18)19-16(10)2)13(17)15-9-8-11-6-4-3-5-7-11/h6H,3-5,7-9H2,1-2H3,(H,15,17). The highest BCUT2D eigenvalue weighted by Crippen LogP contribution is 2.19. The third-order valence-electron chi connectivity index (χ3n) is 3.60. The molecule has 0 spiro atoms. The molecule has 0 aromatic carbocycles. The monoisotopic (exact) mass is 264 g/mol. The fourth-order valence-electron chi connectivity index (χ4n) is 2.36. The fraction of sp³-hybridized carbons (Fsp3) is 0.571. The van der Waals surface area contributed by atoms with Gasteiger partial charge in [-0.05, 0) is 39.0 Å². The number of amides is 1. The number of carbonyl (C=O) groups is 1. The van der Waals surface area contributed by atoms with Gasteiger partial charge in [-0.2, -0.15) is 0 Å². The Morgan fingerprint density at radius 3 is 2.84 bits per heavy atom. The van der Waals surface area contributed by atoms with Crippen molar-refractivity contribution in [3.63, 3.8) is 0 Å². The van der Waals surface area contributed by atoms with Crippen molar-refractivity contribution in [2.45, 2.75) is 39.0 Å². The van der Waals surface area contributed by atoms with Crippen LogP contribution < -0.4 is 10.9 Å². The summed E-state index contributed by atoms with van der Waals surface area (Å²) in [5, 5.41) is 2.79. The molecule has 0 unspecified atom stereocenters. The highest BCUT2D eigenvalue weighted by molar-refractivity contribution is 5.94. The fourth-order valence-corrected chi connectivity index (χ4v) is 2.36. The van der Waals surface area contributed by atoms with E-state index in [9.17, 15) is 9.59 Å². The molecule has 19 heavy (non-hydrogen) atoms. The quantitative estimate of drug-likeness (QED) is 0.845. The molecule has 1 aromatic rings. The minimum Gasteiger partial charge on any atom is -0.351 e. The predicted molar refractivity (Wildman–Crippen MR) is 72.2 cm³/mol. The summed E-state index contributed by atoms with van der Waals surface area (Å²) >= 11 is 0. The molecule has 0 atom stereocenters. The molecule has 0 fully saturated rings. The maximum Gasteiger partial charge on any atom is 0.370 e. The van der Waals surface area contributed by atoms with Gasteiger partial charge < -0.3 is 9.84 Å². The molecule has 0 aliphatic heterocycles. The van der Waals surface area contributed by atoms with Crippen LogP contribution in [0.25, 0.3) is 0 Å². The van der Waals surface area contributed by atoms with Gasteiger partial charge in [0.25, 0.3) is 5.91 Å². The first-order valence-corrected chi connectivity index (χ1v) is 6.72. The van der Waals surface area contributed by atoms with Crippen molar-refractivity contribution in [2.75, 3.05) is 6.54 Å². The first kappa shape index (κ1) is 13.6. The molecule has 1 heterocycles. The van der Waals surface area contributed by atoms with E-state index in [2.05, 4.69) is 11.4 Å². The van der Waals surface area contributed by atoms with Crippen molar-refractivity contribution in [2.24, 2.45) is 7.05 Å². The second-order valence-electron chi connectivity index (χ2n) is 4.95. The summed E-state index contributed by atoms with van der Waals surface area (Å²) in [4.78, 5) is 23.4. The van der Waals surface area contributed by atoms with Crippen molar-refractivity contribution in [3.05, 3.63) is 33.3 Å². The van der Waals surface area contributed by atoms with E-state index in [0.717, 1.165) is 19.3 Å². The van der Waals surface area contributed by atoms with Crippen molar-refractivity contribution >= 4 is 5.91 Å². The molecule has 1 N–H and O–H groups in total. The molecule has 5 heteroatoms. The van der Waals surface area contributed by atoms with Gasteiger partial charge in [0, 0.05) is 13.6 Å². The summed E-state index contributed by atoms with van der Waals surface area (Å²) < 4.78 is 6.17. The van der Waals surface area contributed by atoms with Crippen LogP contribution in [0.5, 0.6) is 0 Å². The topological polar surface area (TPSA) is 64.2 Å². The maximum atomic E-state index is 11.9. The molecule has 5 nitrogen and oxygen atoms in total. The van der Waals surface area contributed by atoms with E-state index in [-0.39, 0.29) is 11.5 Å². The molecule has 0 radical (unpaired) electrons. The van der Waals surface area contributed by atoms with E-state index in [1.54, 1.807) is 14.0 Å². The Kier molecular flexibility index (Phi) is 4.24. The Hall–Kier alpha value is -1.78. The maximum absolute atomic E-state index is 11.9. The zero-order valence-corrected chi connectivity index (χ0v) is 11.5. The van der Waals surface area contributed by atoms with E-state index < -0.39 is 5.63 Å². The van der Waals surface area contributed by atoms with Gasteiger partial charge in [-0.3, -0.25) is 4.79 Å². The Bertz CT molecular complexity index is 552. The van der Waals surface area contributed by atoms with Crippen LogP contribution in [0.2, 0.25) is 0 Å². The molecule has 1 amide bonds. The van der Waals surface area contributed by atoms with Crippen LogP contribution in [-0.4, -0.2) is 17.2 Å². The van der Waals surface area contributed by atoms with Gasteiger partial charge in [0.1, 0.15) is 5.56 Å². The SMILES string of the molecule is Cc1c(C(=O)NCCC2=CCCCC2)c(=O)on1C. The van der Waals surface area contributed by atoms with E-state index in [0.29, 0.717) is 12.2 Å². The lowest BCUT2D eigenvalue weighted by molar-refractivity contribution is 0.0951. The molecular formula is C14H20N2O3. The number of hydrogen-bond acceptors (Lipinski definition) is 3. The average molecular weight is 264 g/mol. The molecular weight excluding hydrogens is 244 g/mol. The summed E-state index contributed by atoms with van der Waals surface area (Å²) in [5.74, 6) is -0.344. The molecule has 1 aliphatic rings. The zero-order chi connectivity index (χ0) is 13.8. The lowest BCUT2D eigenvalue weighted by Gasteiger charge is -2.12. The summed E-state index contributed by atoms with van der Waals surface area (Å²) in [6.45, 7) is 2.27. The Morgan fingerprint density at radius 1 is 1.47 bits per heavy atom. The normalized spacial score (nSPS) is 15.2. The molecule has 0 bridgehead atoms. The van der Waals surface area contributed by atoms with Crippen LogP contribution in [0, 0.1) is 6.92 Å². The Morgan fingerprint density at radius 2 is 2.26 bits per heavy atom. The van der Waals surface area contributed by atoms with Gasteiger partial charge in [0.05, 0.1) is 5.69 Å². The number of aromatic nitrogens is 1. The van der Waals surface area contributed by atoms with Gasteiger partial charge in [-0.25, -0.2) is 9.53 Å². The van der Waals surface area contributed by atoms with Crippen molar-refractivity contribution < 1.29 is 9.32 Å². The van der Waals surface area contributed by atoms with Crippen molar-refractivity contribution in [1.82, 2.24) is 10.1 Å². The smallest absolute Gasteiger partial charge is 0.351 e. The zero-order valence-electron chi connectivity index (χ0n) is 11.5.